The molecule has 2 heteroatoms. The minimum absolute atomic E-state index is 0.740. The molecule has 0 aliphatic heterocycles. The van der Waals surface area contributed by atoms with Crippen molar-refractivity contribution in [3.63, 3.8) is 0 Å². The van der Waals surface area contributed by atoms with Crippen LogP contribution in [0.4, 0.5) is 5.69 Å². The van der Waals surface area contributed by atoms with Crippen LogP contribution in [0.3, 0.4) is 0 Å². The highest BCUT2D eigenvalue weighted by atomic mass is 16.5. The van der Waals surface area contributed by atoms with Gasteiger partial charge >= 0.3 is 0 Å². The predicted octanol–water partition coefficient (Wildman–Crippen LogP) is 4.44. The number of aryl methyl sites for hydroxylation is 2. The van der Waals surface area contributed by atoms with Gasteiger partial charge in [-0.05, 0) is 55.2 Å². The van der Waals surface area contributed by atoms with Gasteiger partial charge in [0.15, 0.2) is 0 Å². The van der Waals surface area contributed by atoms with Crippen LogP contribution in [-0.2, 0) is 6.42 Å². The molecule has 20 heavy (non-hydrogen) atoms. The van der Waals surface area contributed by atoms with Crippen molar-refractivity contribution in [3.05, 3.63) is 59.7 Å². The molecule has 0 amide bonds. The van der Waals surface area contributed by atoms with E-state index in [1.54, 1.807) is 0 Å². The van der Waals surface area contributed by atoms with Crippen molar-refractivity contribution >= 4 is 5.69 Å². The third-order valence-electron chi connectivity index (χ3n) is 3.27. The Morgan fingerprint density at radius 1 is 1.05 bits per heavy atom. The Kier molecular flexibility index (Phi) is 5.48. The minimum atomic E-state index is 0.740. The van der Waals surface area contributed by atoms with Crippen LogP contribution in [-0.4, -0.2) is 13.2 Å². The van der Waals surface area contributed by atoms with Gasteiger partial charge in [-0.2, -0.15) is 0 Å². The van der Waals surface area contributed by atoms with E-state index in [1.165, 1.54) is 16.8 Å². The zero-order valence-electron chi connectivity index (χ0n) is 12.4. The number of rotatable bonds is 7. The van der Waals surface area contributed by atoms with Crippen molar-refractivity contribution in [2.45, 2.75) is 26.7 Å². The fourth-order valence-electron chi connectivity index (χ4n) is 2.07. The second kappa shape index (κ2) is 7.59. The first kappa shape index (κ1) is 14.4. The fraction of sp³-hybridized carbons (Fsp3) is 0.333. The third kappa shape index (κ3) is 4.61. The maximum absolute atomic E-state index is 5.73. The first-order chi connectivity index (χ1) is 9.78. The monoisotopic (exact) mass is 269 g/mol. The van der Waals surface area contributed by atoms with Crippen LogP contribution >= 0.6 is 0 Å². The summed E-state index contributed by atoms with van der Waals surface area (Å²) in [6, 6.07) is 16.8. The van der Waals surface area contributed by atoms with Crippen LogP contribution < -0.4 is 10.1 Å². The van der Waals surface area contributed by atoms with E-state index in [9.17, 15) is 0 Å². The number of benzene rings is 2. The Bertz CT molecular complexity index is 519. The molecule has 0 bridgehead atoms. The maximum atomic E-state index is 5.73. The maximum Gasteiger partial charge on any atom is 0.119 e. The Hall–Kier alpha value is -1.96. The Morgan fingerprint density at radius 3 is 2.55 bits per heavy atom. The van der Waals surface area contributed by atoms with E-state index in [4.69, 9.17) is 4.74 Å². The summed E-state index contributed by atoms with van der Waals surface area (Å²) in [6.45, 7) is 5.93. The second-order valence-corrected chi connectivity index (χ2v) is 5.00. The molecule has 2 rings (SSSR count). The first-order valence-corrected chi connectivity index (χ1v) is 7.30. The van der Waals surface area contributed by atoms with Gasteiger partial charge in [-0.3, -0.25) is 0 Å². The number of hydrogen-bond acceptors (Lipinski definition) is 2. The Morgan fingerprint density at radius 2 is 1.85 bits per heavy atom. The average Bonchev–Trinajstić information content (AvgIpc) is 2.48. The van der Waals surface area contributed by atoms with E-state index >= 15 is 0 Å². The zero-order valence-corrected chi connectivity index (χ0v) is 12.4. The average molecular weight is 269 g/mol. The van der Waals surface area contributed by atoms with Gasteiger partial charge in [-0.1, -0.05) is 31.2 Å². The Labute approximate surface area is 121 Å². The second-order valence-electron chi connectivity index (χ2n) is 5.00. The molecule has 0 radical (unpaired) electrons. The highest BCUT2D eigenvalue weighted by Gasteiger charge is 1.95. The van der Waals surface area contributed by atoms with E-state index < -0.39 is 0 Å². The van der Waals surface area contributed by atoms with Crippen LogP contribution in [0.5, 0.6) is 5.75 Å². The standard InChI is InChI=1S/C18H23NO/c1-3-16-8-10-18(11-9-16)20-13-5-12-19-17-7-4-6-15(2)14-17/h4,6-11,14,19H,3,5,12-13H2,1-2H3. The Balaban J connectivity index is 1.66. The van der Waals surface area contributed by atoms with Gasteiger partial charge in [0.2, 0.25) is 0 Å². The van der Waals surface area contributed by atoms with Gasteiger partial charge in [0.25, 0.3) is 0 Å². The molecule has 0 atom stereocenters. The number of hydrogen-bond donors (Lipinski definition) is 1. The SMILES string of the molecule is CCc1ccc(OCCCNc2cccc(C)c2)cc1. The summed E-state index contributed by atoms with van der Waals surface area (Å²) in [7, 11) is 0. The zero-order chi connectivity index (χ0) is 14.2. The summed E-state index contributed by atoms with van der Waals surface area (Å²) >= 11 is 0. The van der Waals surface area contributed by atoms with Crippen LogP contribution in [0.15, 0.2) is 48.5 Å². The van der Waals surface area contributed by atoms with Crippen LogP contribution in [0.25, 0.3) is 0 Å². The van der Waals surface area contributed by atoms with E-state index in [0.717, 1.165) is 31.7 Å². The van der Waals surface area contributed by atoms with Gasteiger partial charge in [-0.15, -0.1) is 0 Å². The molecule has 0 saturated carbocycles. The lowest BCUT2D eigenvalue weighted by atomic mass is 10.2. The fourth-order valence-corrected chi connectivity index (χ4v) is 2.07. The van der Waals surface area contributed by atoms with Gasteiger partial charge in [0, 0.05) is 12.2 Å². The van der Waals surface area contributed by atoms with E-state index in [1.807, 2.05) is 12.1 Å². The lowest BCUT2D eigenvalue weighted by Crippen LogP contribution is -2.07. The summed E-state index contributed by atoms with van der Waals surface area (Å²) < 4.78 is 5.73. The molecule has 0 aliphatic rings. The number of nitrogens with one attached hydrogen (secondary N) is 1. The van der Waals surface area contributed by atoms with E-state index in [0.29, 0.717) is 0 Å². The molecule has 0 unspecified atom stereocenters. The van der Waals surface area contributed by atoms with Crippen molar-refractivity contribution < 1.29 is 4.74 Å². The van der Waals surface area contributed by atoms with E-state index in [2.05, 4.69) is 55.6 Å². The molecule has 2 aromatic carbocycles. The summed E-state index contributed by atoms with van der Waals surface area (Å²) in [5.74, 6) is 0.956. The topological polar surface area (TPSA) is 21.3 Å². The normalized spacial score (nSPS) is 10.3. The molecule has 0 fully saturated rings. The summed E-state index contributed by atoms with van der Waals surface area (Å²) in [6.07, 6.45) is 2.06. The summed E-state index contributed by atoms with van der Waals surface area (Å²) in [5.41, 5.74) is 3.80. The number of ether oxygens (including phenoxy) is 1. The van der Waals surface area contributed by atoms with Crippen molar-refractivity contribution in [2.24, 2.45) is 0 Å². The molecule has 1 N–H and O–H groups in total. The van der Waals surface area contributed by atoms with Gasteiger partial charge in [0.05, 0.1) is 6.61 Å². The van der Waals surface area contributed by atoms with Crippen LogP contribution in [0, 0.1) is 6.92 Å². The van der Waals surface area contributed by atoms with Crippen molar-refractivity contribution in [1.82, 2.24) is 0 Å². The molecule has 2 nitrogen and oxygen atoms in total. The quantitative estimate of drug-likeness (QED) is 0.750. The summed E-state index contributed by atoms with van der Waals surface area (Å²) in [4.78, 5) is 0. The molecule has 0 saturated heterocycles. The number of anilines is 1. The minimum Gasteiger partial charge on any atom is -0.494 e. The third-order valence-corrected chi connectivity index (χ3v) is 3.27. The van der Waals surface area contributed by atoms with Crippen molar-refractivity contribution in [1.29, 1.82) is 0 Å². The first-order valence-electron chi connectivity index (χ1n) is 7.30. The highest BCUT2D eigenvalue weighted by molar-refractivity contribution is 5.45. The molecular weight excluding hydrogens is 246 g/mol. The molecule has 2 aromatic rings. The molecular formula is C18H23NO. The van der Waals surface area contributed by atoms with Gasteiger partial charge < -0.3 is 10.1 Å². The van der Waals surface area contributed by atoms with Gasteiger partial charge in [0.1, 0.15) is 5.75 Å². The summed E-state index contributed by atoms with van der Waals surface area (Å²) in [5, 5.41) is 3.41. The molecule has 0 aliphatic carbocycles. The van der Waals surface area contributed by atoms with Crippen molar-refractivity contribution in [2.75, 3.05) is 18.5 Å². The highest BCUT2D eigenvalue weighted by Crippen LogP contribution is 2.13. The molecule has 0 aromatic heterocycles. The lowest BCUT2D eigenvalue weighted by Gasteiger charge is -2.09. The van der Waals surface area contributed by atoms with Crippen molar-refractivity contribution in [3.8, 4) is 5.75 Å². The van der Waals surface area contributed by atoms with Crippen LogP contribution in [0.2, 0.25) is 0 Å². The predicted molar refractivity (Wildman–Crippen MR) is 85.6 cm³/mol. The van der Waals surface area contributed by atoms with Gasteiger partial charge in [-0.25, -0.2) is 0 Å². The van der Waals surface area contributed by atoms with Crippen LogP contribution in [0.1, 0.15) is 24.5 Å². The van der Waals surface area contributed by atoms with E-state index in [-0.39, 0.29) is 0 Å². The largest absolute Gasteiger partial charge is 0.494 e. The molecule has 106 valence electrons. The molecule has 0 spiro atoms. The smallest absolute Gasteiger partial charge is 0.119 e. The lowest BCUT2D eigenvalue weighted by molar-refractivity contribution is 0.315. The molecule has 0 heterocycles.